The maximum atomic E-state index is 6.35. The molecule has 3 N–H and O–H groups in total. The maximum Gasteiger partial charge on any atom is 0.0940 e. The third-order valence-electron chi connectivity index (χ3n) is 3.11. The molecule has 1 aromatic heterocycles. The van der Waals surface area contributed by atoms with Crippen molar-refractivity contribution < 1.29 is 0 Å². The van der Waals surface area contributed by atoms with Crippen LogP contribution in [0.4, 0.5) is 0 Å². The van der Waals surface area contributed by atoms with Crippen molar-refractivity contribution in [1.29, 1.82) is 0 Å². The number of hydrogen-bond donors (Lipinski definition) is 2. The number of thiazole rings is 1. The second-order valence-corrected chi connectivity index (χ2v) is 6.04. The Morgan fingerprint density at radius 3 is 2.68 bits per heavy atom. The fourth-order valence-electron chi connectivity index (χ4n) is 1.98. The highest BCUT2D eigenvalue weighted by atomic mass is 32.1. The molecule has 0 bridgehead atoms. The Hall–Kier alpha value is -1.23. The van der Waals surface area contributed by atoms with E-state index in [0.29, 0.717) is 0 Å². The van der Waals surface area contributed by atoms with Gasteiger partial charge in [-0.2, -0.15) is 0 Å². The van der Waals surface area contributed by atoms with E-state index in [1.807, 2.05) is 25.1 Å². The van der Waals surface area contributed by atoms with Gasteiger partial charge in [0.1, 0.15) is 0 Å². The number of nitrogens with one attached hydrogen (secondary N) is 1. The Bertz CT molecular complexity index is 505. The number of aromatic nitrogens is 1. The Labute approximate surface area is 118 Å². The minimum Gasteiger partial charge on any atom is -0.321 e. The number of nitrogens with zero attached hydrogens (tertiary/aromatic N) is 1. The van der Waals surface area contributed by atoms with Crippen LogP contribution in [0.5, 0.6) is 0 Å². The fraction of sp³-hybridized carbons (Fsp3) is 0.400. The van der Waals surface area contributed by atoms with Crippen molar-refractivity contribution in [2.24, 2.45) is 5.73 Å². The van der Waals surface area contributed by atoms with E-state index in [9.17, 15) is 0 Å². The third-order valence-corrected chi connectivity index (χ3v) is 4.13. The van der Waals surface area contributed by atoms with Crippen LogP contribution in [0, 0.1) is 6.92 Å². The summed E-state index contributed by atoms with van der Waals surface area (Å²) in [6.45, 7) is 5.76. The van der Waals surface area contributed by atoms with Crippen LogP contribution in [0.1, 0.15) is 23.2 Å². The van der Waals surface area contributed by atoms with Crippen LogP contribution < -0.4 is 11.1 Å². The van der Waals surface area contributed by atoms with Crippen LogP contribution in [0.3, 0.4) is 0 Å². The first-order valence-corrected chi connectivity index (χ1v) is 7.42. The molecule has 0 amide bonds. The van der Waals surface area contributed by atoms with Gasteiger partial charge in [-0.3, -0.25) is 0 Å². The normalized spacial score (nSPS) is 14.3. The first-order chi connectivity index (χ1) is 9.08. The number of aryl methyl sites for hydroxylation is 1. The van der Waals surface area contributed by atoms with Crippen molar-refractivity contribution >= 4 is 11.3 Å². The summed E-state index contributed by atoms with van der Waals surface area (Å²) in [5, 5.41) is 6.70. The Balaban J connectivity index is 1.79. The highest BCUT2D eigenvalue weighted by molar-refractivity contribution is 7.09. The van der Waals surface area contributed by atoms with E-state index in [4.69, 9.17) is 5.73 Å². The molecule has 102 valence electrons. The number of benzene rings is 1. The van der Waals surface area contributed by atoms with Crippen molar-refractivity contribution in [3.8, 4) is 0 Å². The monoisotopic (exact) mass is 275 g/mol. The number of rotatable bonds is 6. The summed E-state index contributed by atoms with van der Waals surface area (Å²) in [5.74, 6) is 0. The predicted octanol–water partition coefficient (Wildman–Crippen LogP) is 2.46. The Morgan fingerprint density at radius 2 is 2.05 bits per heavy atom. The zero-order valence-corrected chi connectivity index (χ0v) is 12.3. The maximum absolute atomic E-state index is 6.35. The molecule has 0 spiro atoms. The van der Waals surface area contributed by atoms with Gasteiger partial charge in [0, 0.05) is 30.6 Å². The topological polar surface area (TPSA) is 50.9 Å². The minimum absolute atomic E-state index is 0.333. The number of hydrogen-bond acceptors (Lipinski definition) is 4. The van der Waals surface area contributed by atoms with Gasteiger partial charge in [0.25, 0.3) is 0 Å². The molecule has 0 aliphatic heterocycles. The molecule has 0 aliphatic rings. The summed E-state index contributed by atoms with van der Waals surface area (Å²) in [6.07, 6.45) is 0.962. The molecule has 1 heterocycles. The molecule has 1 atom stereocenters. The van der Waals surface area contributed by atoms with Crippen LogP contribution in [-0.4, -0.2) is 18.1 Å². The molecular formula is C15H21N3S. The summed E-state index contributed by atoms with van der Waals surface area (Å²) in [5.41, 5.74) is 8.28. The van der Waals surface area contributed by atoms with E-state index in [1.54, 1.807) is 11.3 Å². The molecule has 0 aliphatic carbocycles. The van der Waals surface area contributed by atoms with Gasteiger partial charge < -0.3 is 11.1 Å². The van der Waals surface area contributed by atoms with Crippen LogP contribution in [0.25, 0.3) is 0 Å². The largest absolute Gasteiger partial charge is 0.321 e. The van der Waals surface area contributed by atoms with E-state index >= 15 is 0 Å². The lowest BCUT2D eigenvalue weighted by atomic mass is 9.93. The summed E-state index contributed by atoms with van der Waals surface area (Å²) in [7, 11) is 0. The van der Waals surface area contributed by atoms with E-state index < -0.39 is 0 Å². The summed E-state index contributed by atoms with van der Waals surface area (Å²) in [6, 6.07) is 10.2. The smallest absolute Gasteiger partial charge is 0.0940 e. The standard InChI is InChI=1S/C15H21N3S/c1-12-10-19-14(18-12)8-9-17-11-15(2,16)13-6-4-3-5-7-13/h3-7,10,17H,8-9,11,16H2,1-2H3. The van der Waals surface area contributed by atoms with Gasteiger partial charge in [-0.05, 0) is 19.4 Å². The van der Waals surface area contributed by atoms with Gasteiger partial charge in [0.05, 0.1) is 10.5 Å². The van der Waals surface area contributed by atoms with Crippen molar-refractivity contribution in [1.82, 2.24) is 10.3 Å². The van der Waals surface area contributed by atoms with Crippen LogP contribution in [0.2, 0.25) is 0 Å². The lowest BCUT2D eigenvalue weighted by Gasteiger charge is -2.25. The van der Waals surface area contributed by atoms with E-state index in [0.717, 1.165) is 30.8 Å². The average molecular weight is 275 g/mol. The Morgan fingerprint density at radius 1 is 1.32 bits per heavy atom. The third kappa shape index (κ3) is 4.13. The summed E-state index contributed by atoms with van der Waals surface area (Å²) < 4.78 is 0. The SMILES string of the molecule is Cc1csc(CCNCC(C)(N)c2ccccc2)n1. The molecule has 1 unspecified atom stereocenters. The highest BCUT2D eigenvalue weighted by Gasteiger charge is 2.19. The molecular weight excluding hydrogens is 254 g/mol. The van der Waals surface area contributed by atoms with Gasteiger partial charge in [-0.1, -0.05) is 30.3 Å². The molecule has 3 nitrogen and oxygen atoms in total. The van der Waals surface area contributed by atoms with Crippen molar-refractivity contribution in [2.45, 2.75) is 25.8 Å². The van der Waals surface area contributed by atoms with Gasteiger partial charge in [-0.25, -0.2) is 4.98 Å². The fourth-order valence-corrected chi connectivity index (χ4v) is 2.76. The first kappa shape index (κ1) is 14.2. The molecule has 0 saturated carbocycles. The zero-order valence-electron chi connectivity index (χ0n) is 11.5. The quantitative estimate of drug-likeness (QED) is 0.796. The summed E-state index contributed by atoms with van der Waals surface area (Å²) in [4.78, 5) is 4.45. The van der Waals surface area contributed by atoms with Crippen LogP contribution >= 0.6 is 11.3 Å². The molecule has 1 aromatic carbocycles. The van der Waals surface area contributed by atoms with Gasteiger partial charge >= 0.3 is 0 Å². The molecule has 2 rings (SSSR count). The van der Waals surface area contributed by atoms with Gasteiger partial charge in [0.2, 0.25) is 0 Å². The summed E-state index contributed by atoms with van der Waals surface area (Å²) >= 11 is 1.72. The second kappa shape index (κ2) is 6.28. The predicted molar refractivity (Wildman–Crippen MR) is 81.4 cm³/mol. The number of nitrogens with two attached hydrogens (primary N) is 1. The van der Waals surface area contributed by atoms with Gasteiger partial charge in [-0.15, -0.1) is 11.3 Å². The van der Waals surface area contributed by atoms with Crippen molar-refractivity contribution in [3.05, 3.63) is 52.0 Å². The molecule has 19 heavy (non-hydrogen) atoms. The van der Waals surface area contributed by atoms with Crippen LogP contribution in [-0.2, 0) is 12.0 Å². The van der Waals surface area contributed by atoms with Gasteiger partial charge in [0.15, 0.2) is 0 Å². The lowest BCUT2D eigenvalue weighted by molar-refractivity contribution is 0.448. The molecule has 0 saturated heterocycles. The van der Waals surface area contributed by atoms with E-state index in [2.05, 4.69) is 34.7 Å². The molecule has 4 heteroatoms. The van der Waals surface area contributed by atoms with Crippen LogP contribution in [0.15, 0.2) is 35.7 Å². The molecule has 2 aromatic rings. The van der Waals surface area contributed by atoms with Crippen molar-refractivity contribution in [3.63, 3.8) is 0 Å². The zero-order chi connectivity index (χ0) is 13.7. The highest BCUT2D eigenvalue weighted by Crippen LogP contribution is 2.16. The Kier molecular flexibility index (Phi) is 4.69. The first-order valence-electron chi connectivity index (χ1n) is 6.54. The van der Waals surface area contributed by atoms with E-state index in [-0.39, 0.29) is 5.54 Å². The lowest BCUT2D eigenvalue weighted by Crippen LogP contribution is -2.43. The molecule has 0 fully saturated rings. The van der Waals surface area contributed by atoms with Crippen molar-refractivity contribution in [2.75, 3.05) is 13.1 Å². The second-order valence-electron chi connectivity index (χ2n) is 5.09. The minimum atomic E-state index is -0.333. The molecule has 0 radical (unpaired) electrons. The average Bonchev–Trinajstić information content (AvgIpc) is 2.82. The van der Waals surface area contributed by atoms with E-state index in [1.165, 1.54) is 5.01 Å².